The van der Waals surface area contributed by atoms with Gasteiger partial charge in [-0.25, -0.2) is 4.79 Å². The number of fused-ring (bicyclic) bond motifs is 1. The van der Waals surface area contributed by atoms with Crippen LogP contribution in [0.25, 0.3) is 6.08 Å². The van der Waals surface area contributed by atoms with E-state index in [-0.39, 0.29) is 42.6 Å². The fraction of sp³-hybridized carbons (Fsp3) is 0.581. The molecule has 38 heavy (non-hydrogen) atoms. The number of rotatable bonds is 11. The Balaban J connectivity index is 1.45. The molecule has 0 radical (unpaired) electrons. The highest BCUT2D eigenvalue weighted by Crippen LogP contribution is 2.45. The number of carbonyl (C=O) groups excluding carboxylic acids is 3. The summed E-state index contributed by atoms with van der Waals surface area (Å²) < 4.78 is 12.1. The van der Waals surface area contributed by atoms with Gasteiger partial charge >= 0.3 is 12.0 Å². The second-order valence-electron chi connectivity index (χ2n) is 10.8. The summed E-state index contributed by atoms with van der Waals surface area (Å²) in [6.45, 7) is 4.25. The lowest BCUT2D eigenvalue weighted by molar-refractivity contribution is -0.203. The number of nitrogens with zero attached hydrogens (tertiary/aromatic N) is 1. The van der Waals surface area contributed by atoms with Gasteiger partial charge in [-0.1, -0.05) is 61.9 Å². The van der Waals surface area contributed by atoms with E-state index in [2.05, 4.69) is 24.4 Å². The Labute approximate surface area is 226 Å². The summed E-state index contributed by atoms with van der Waals surface area (Å²) in [4.78, 5) is 41.5. The summed E-state index contributed by atoms with van der Waals surface area (Å²) >= 11 is 0. The van der Waals surface area contributed by atoms with Gasteiger partial charge in [0.15, 0.2) is 5.72 Å². The number of esters is 1. The maximum absolute atomic E-state index is 13.6. The van der Waals surface area contributed by atoms with Crippen molar-refractivity contribution < 1.29 is 23.9 Å². The van der Waals surface area contributed by atoms with Crippen molar-refractivity contribution in [2.45, 2.75) is 102 Å². The minimum Gasteiger partial charge on any atom is -0.461 e. The lowest BCUT2D eigenvalue weighted by Gasteiger charge is -2.52. The van der Waals surface area contributed by atoms with E-state index in [9.17, 15) is 14.4 Å². The first-order chi connectivity index (χ1) is 18.4. The van der Waals surface area contributed by atoms with Crippen LogP contribution in [-0.4, -0.2) is 53.2 Å². The zero-order valence-electron chi connectivity index (χ0n) is 22.8. The number of hydrogen-bond donors (Lipinski definition) is 1. The number of amides is 2. The minimum atomic E-state index is -1.07. The maximum atomic E-state index is 13.6. The van der Waals surface area contributed by atoms with Crippen molar-refractivity contribution in [3.05, 3.63) is 54.1 Å². The number of nitrogens with one attached hydrogen (secondary N) is 1. The molecule has 1 aromatic rings. The van der Waals surface area contributed by atoms with Gasteiger partial charge in [-0.05, 0) is 63.5 Å². The molecule has 3 aliphatic heterocycles. The molecule has 1 aromatic carbocycles. The minimum absolute atomic E-state index is 0.0663. The number of benzene rings is 1. The number of allylic oxidation sites excluding steroid dienone is 2. The molecule has 7 heteroatoms. The van der Waals surface area contributed by atoms with E-state index in [4.69, 9.17) is 9.47 Å². The summed E-state index contributed by atoms with van der Waals surface area (Å²) in [6.07, 6.45) is 15.2. The van der Waals surface area contributed by atoms with Crippen LogP contribution in [0.2, 0.25) is 0 Å². The second kappa shape index (κ2) is 13.2. The summed E-state index contributed by atoms with van der Waals surface area (Å²) in [5, 5.41) is 3.07. The van der Waals surface area contributed by atoms with Gasteiger partial charge in [0.25, 0.3) is 0 Å². The summed E-state index contributed by atoms with van der Waals surface area (Å²) in [5.41, 5.74) is -0.0382. The molecule has 2 amide bonds. The molecule has 5 atom stereocenters. The van der Waals surface area contributed by atoms with E-state index < -0.39 is 11.6 Å². The molecule has 4 rings (SSSR count). The Morgan fingerprint density at radius 1 is 1.13 bits per heavy atom. The molecule has 1 N–H and O–H groups in total. The first-order valence-electron chi connectivity index (χ1n) is 14.3. The van der Waals surface area contributed by atoms with Crippen LogP contribution in [0.4, 0.5) is 4.79 Å². The van der Waals surface area contributed by atoms with E-state index in [0.717, 1.165) is 37.7 Å². The molecule has 1 spiro atoms. The molecule has 0 aliphatic carbocycles. The summed E-state index contributed by atoms with van der Waals surface area (Å²) in [7, 11) is 0. The second-order valence-corrected chi connectivity index (χ2v) is 10.8. The highest BCUT2D eigenvalue weighted by molar-refractivity contribution is 5.85. The third-order valence-electron chi connectivity index (χ3n) is 7.92. The quantitative estimate of drug-likeness (QED) is 0.293. The molecular weight excluding hydrogens is 480 g/mol. The molecule has 3 aliphatic rings. The molecule has 3 unspecified atom stereocenters. The van der Waals surface area contributed by atoms with Gasteiger partial charge in [-0.15, -0.1) is 0 Å². The van der Waals surface area contributed by atoms with E-state index >= 15 is 0 Å². The van der Waals surface area contributed by atoms with Crippen molar-refractivity contribution in [2.24, 2.45) is 5.92 Å². The van der Waals surface area contributed by atoms with Crippen LogP contribution < -0.4 is 5.32 Å². The molecule has 7 nitrogen and oxygen atoms in total. The molecular formula is C31H42N2O5. The average molecular weight is 523 g/mol. The number of urea groups is 1. The smallest absolute Gasteiger partial charge is 0.320 e. The molecule has 0 aromatic heterocycles. The highest BCUT2D eigenvalue weighted by atomic mass is 16.6. The van der Waals surface area contributed by atoms with Crippen molar-refractivity contribution in [1.29, 1.82) is 0 Å². The number of hydrogen-bond acceptors (Lipinski definition) is 5. The Morgan fingerprint density at radius 2 is 1.92 bits per heavy atom. The van der Waals surface area contributed by atoms with Gasteiger partial charge in [-0.3, -0.25) is 9.59 Å². The van der Waals surface area contributed by atoms with Crippen LogP contribution in [0.15, 0.2) is 48.6 Å². The van der Waals surface area contributed by atoms with Crippen LogP contribution in [-0.2, 0) is 19.1 Å². The van der Waals surface area contributed by atoms with Crippen molar-refractivity contribution in [3.8, 4) is 0 Å². The van der Waals surface area contributed by atoms with Crippen LogP contribution in [0.5, 0.6) is 0 Å². The van der Waals surface area contributed by atoms with Crippen LogP contribution >= 0.6 is 0 Å². The number of ketones is 1. The van der Waals surface area contributed by atoms with Gasteiger partial charge in [0.2, 0.25) is 0 Å². The van der Waals surface area contributed by atoms with Gasteiger partial charge in [0.1, 0.15) is 18.3 Å². The Morgan fingerprint density at radius 3 is 2.68 bits per heavy atom. The van der Waals surface area contributed by atoms with E-state index in [1.807, 2.05) is 49.4 Å². The van der Waals surface area contributed by atoms with E-state index in [1.54, 1.807) is 4.90 Å². The Kier molecular flexibility index (Phi) is 9.78. The molecule has 3 heterocycles. The number of carbonyl (C=O) groups is 3. The zero-order chi connectivity index (χ0) is 27.0. The number of ether oxygens (including phenoxy) is 2. The lowest BCUT2D eigenvalue weighted by Crippen LogP contribution is -2.72. The zero-order valence-corrected chi connectivity index (χ0v) is 22.8. The van der Waals surface area contributed by atoms with Crippen LogP contribution in [0.1, 0.15) is 83.6 Å². The number of Topliss-reactive ketones (excluding diaryl/α,β-unsaturated/α-hetero) is 1. The standard InChI is InChI=1S/C31H42N2O5/c1-3-4-5-6-10-17-26(34)22-25-18-19-27-28(29(35)37-21-12-16-24-14-8-7-9-15-24)31(32-30(36)33(25)27)20-11-13-23(2)38-31/h5-9,12,14-16,23,25,27-28H,3-4,10-11,13,17-22H2,1-2H3,(H,32,36)/b6-5-,16-12+/t23?,25?,27-,28?,31-/m1/s1. The third-order valence-corrected chi connectivity index (χ3v) is 7.92. The van der Waals surface area contributed by atoms with Crippen molar-refractivity contribution >= 4 is 23.9 Å². The molecule has 206 valence electrons. The first-order valence-corrected chi connectivity index (χ1v) is 14.3. The lowest BCUT2D eigenvalue weighted by atomic mass is 9.80. The van der Waals surface area contributed by atoms with Gasteiger partial charge in [0.05, 0.1) is 12.1 Å². The molecule has 3 fully saturated rings. The molecule has 3 saturated heterocycles. The van der Waals surface area contributed by atoms with E-state index in [0.29, 0.717) is 32.1 Å². The predicted molar refractivity (Wildman–Crippen MR) is 147 cm³/mol. The normalized spacial score (nSPS) is 29.1. The summed E-state index contributed by atoms with van der Waals surface area (Å²) in [5.74, 6) is -0.859. The van der Waals surface area contributed by atoms with Crippen molar-refractivity contribution in [2.75, 3.05) is 6.61 Å². The largest absolute Gasteiger partial charge is 0.461 e. The first kappa shape index (κ1) is 28.1. The average Bonchev–Trinajstić information content (AvgIpc) is 3.30. The predicted octanol–water partition coefficient (Wildman–Crippen LogP) is 5.80. The van der Waals surface area contributed by atoms with Gasteiger partial charge < -0.3 is 19.7 Å². The van der Waals surface area contributed by atoms with E-state index in [1.165, 1.54) is 0 Å². The topological polar surface area (TPSA) is 84.9 Å². The van der Waals surface area contributed by atoms with Crippen molar-refractivity contribution in [3.63, 3.8) is 0 Å². The monoisotopic (exact) mass is 522 g/mol. The Bertz CT molecular complexity index is 1020. The Hall–Kier alpha value is -2.93. The van der Waals surface area contributed by atoms with Crippen LogP contribution in [0.3, 0.4) is 0 Å². The fourth-order valence-electron chi connectivity index (χ4n) is 6.17. The SMILES string of the molecule is CCC/C=C\CCC(=O)CC1CC[C@@H]2C(C(=O)OC/C=C/c3ccccc3)[C@]3(CCCC(C)O3)NC(=O)N12. The molecule has 0 bridgehead atoms. The summed E-state index contributed by atoms with van der Waals surface area (Å²) in [6, 6.07) is 9.05. The van der Waals surface area contributed by atoms with Crippen LogP contribution in [0, 0.1) is 5.92 Å². The molecule has 0 saturated carbocycles. The number of unbranched alkanes of at least 4 members (excludes halogenated alkanes) is 1. The van der Waals surface area contributed by atoms with Crippen molar-refractivity contribution in [1.82, 2.24) is 10.2 Å². The third kappa shape index (κ3) is 6.73. The van der Waals surface area contributed by atoms with Gasteiger partial charge in [-0.2, -0.15) is 0 Å². The maximum Gasteiger partial charge on any atom is 0.320 e. The fourth-order valence-corrected chi connectivity index (χ4v) is 6.17. The van der Waals surface area contributed by atoms with Gasteiger partial charge in [0, 0.05) is 18.9 Å². The highest BCUT2D eigenvalue weighted by Gasteiger charge is 2.60.